The van der Waals surface area contributed by atoms with Crippen LogP contribution in [0.5, 0.6) is 0 Å². The van der Waals surface area contributed by atoms with Crippen molar-refractivity contribution in [3.05, 3.63) is 70.8 Å². The van der Waals surface area contributed by atoms with Crippen LogP contribution in [0.3, 0.4) is 0 Å². The van der Waals surface area contributed by atoms with Gasteiger partial charge in [0.2, 0.25) is 0 Å². The smallest absolute Gasteiger partial charge is 0.258 e. The fourth-order valence-electron chi connectivity index (χ4n) is 4.19. The van der Waals surface area contributed by atoms with E-state index < -0.39 is 0 Å². The number of hydrogen-bond acceptors (Lipinski definition) is 7. The second kappa shape index (κ2) is 7.63. The van der Waals surface area contributed by atoms with Crippen LogP contribution in [0.15, 0.2) is 48.1 Å². The summed E-state index contributed by atoms with van der Waals surface area (Å²) in [7, 11) is 0. The summed E-state index contributed by atoms with van der Waals surface area (Å²) in [4.78, 5) is 26.2. The third-order valence-electron chi connectivity index (χ3n) is 5.90. The lowest BCUT2D eigenvalue weighted by Crippen LogP contribution is -2.12. The number of benzene rings is 1. The Kier molecular flexibility index (Phi) is 4.58. The molecule has 1 aromatic carbocycles. The number of anilines is 2. The minimum absolute atomic E-state index is 0.221. The molecule has 1 aliphatic carbocycles. The van der Waals surface area contributed by atoms with Crippen molar-refractivity contribution in [3.63, 3.8) is 0 Å². The maximum atomic E-state index is 13.2. The van der Waals surface area contributed by atoms with Gasteiger partial charge in [0.15, 0.2) is 0 Å². The Hall–Kier alpha value is -3.85. The average Bonchev–Trinajstić information content (AvgIpc) is 3.44. The first-order valence-corrected chi connectivity index (χ1v) is 11.7. The van der Waals surface area contributed by atoms with E-state index in [1.54, 1.807) is 5.38 Å². The molecule has 0 radical (unpaired) electrons. The SMILES string of the molecule is Cc1cccc(Cn2nc(C3CC3)c3c(NC(=O)c4csc5c(N)ncnc45)cccc32)n1. The zero-order valence-electron chi connectivity index (χ0n) is 17.9. The number of amides is 1. The van der Waals surface area contributed by atoms with Gasteiger partial charge in [0.1, 0.15) is 12.1 Å². The van der Waals surface area contributed by atoms with E-state index in [0.29, 0.717) is 29.4 Å². The van der Waals surface area contributed by atoms with Crippen molar-refractivity contribution in [2.24, 2.45) is 0 Å². The number of nitrogens with one attached hydrogen (secondary N) is 1. The van der Waals surface area contributed by atoms with E-state index in [1.807, 2.05) is 48.0 Å². The monoisotopic (exact) mass is 455 g/mol. The van der Waals surface area contributed by atoms with Crippen molar-refractivity contribution in [2.45, 2.75) is 32.2 Å². The van der Waals surface area contributed by atoms with Crippen LogP contribution < -0.4 is 11.1 Å². The van der Waals surface area contributed by atoms with Crippen LogP contribution in [-0.4, -0.2) is 30.6 Å². The van der Waals surface area contributed by atoms with Crippen molar-refractivity contribution < 1.29 is 4.79 Å². The first-order valence-electron chi connectivity index (χ1n) is 10.8. The Morgan fingerprint density at radius 3 is 2.88 bits per heavy atom. The molecule has 0 spiro atoms. The predicted molar refractivity (Wildman–Crippen MR) is 130 cm³/mol. The van der Waals surface area contributed by atoms with E-state index in [0.717, 1.165) is 51.2 Å². The van der Waals surface area contributed by atoms with Crippen LogP contribution in [0.1, 0.15) is 46.2 Å². The van der Waals surface area contributed by atoms with Crippen LogP contribution in [-0.2, 0) is 6.54 Å². The zero-order valence-corrected chi connectivity index (χ0v) is 18.8. The van der Waals surface area contributed by atoms with Crippen LogP contribution >= 0.6 is 11.3 Å². The molecule has 8 nitrogen and oxygen atoms in total. The highest BCUT2D eigenvalue weighted by Crippen LogP contribution is 2.44. The molecular formula is C24H21N7OS. The summed E-state index contributed by atoms with van der Waals surface area (Å²) in [6.07, 6.45) is 3.61. The topological polar surface area (TPSA) is 112 Å². The molecule has 9 heteroatoms. The lowest BCUT2D eigenvalue weighted by atomic mass is 10.1. The minimum atomic E-state index is -0.221. The third-order valence-corrected chi connectivity index (χ3v) is 6.89. The first-order chi connectivity index (χ1) is 16.1. The van der Waals surface area contributed by atoms with Gasteiger partial charge in [0.05, 0.1) is 44.9 Å². The lowest BCUT2D eigenvalue weighted by Gasteiger charge is -2.08. The van der Waals surface area contributed by atoms with Gasteiger partial charge in [0.25, 0.3) is 5.91 Å². The van der Waals surface area contributed by atoms with Gasteiger partial charge in [-0.3, -0.25) is 14.5 Å². The molecule has 0 saturated heterocycles. The Morgan fingerprint density at radius 1 is 1.21 bits per heavy atom. The molecule has 1 fully saturated rings. The number of aromatic nitrogens is 5. The highest BCUT2D eigenvalue weighted by atomic mass is 32.1. The number of nitrogens with zero attached hydrogens (tertiary/aromatic N) is 5. The lowest BCUT2D eigenvalue weighted by molar-refractivity contribution is 0.102. The quantitative estimate of drug-likeness (QED) is 0.403. The molecule has 3 N–H and O–H groups in total. The second-order valence-electron chi connectivity index (χ2n) is 8.33. The maximum absolute atomic E-state index is 13.2. The number of nitrogen functional groups attached to an aromatic ring is 1. The van der Waals surface area contributed by atoms with Gasteiger partial charge in [-0.1, -0.05) is 12.1 Å². The molecule has 1 aliphatic rings. The largest absolute Gasteiger partial charge is 0.382 e. The summed E-state index contributed by atoms with van der Waals surface area (Å²) in [5.41, 5.74) is 11.7. The van der Waals surface area contributed by atoms with Gasteiger partial charge in [0, 0.05) is 22.4 Å². The second-order valence-corrected chi connectivity index (χ2v) is 9.21. The van der Waals surface area contributed by atoms with Crippen LogP contribution in [0.4, 0.5) is 11.5 Å². The van der Waals surface area contributed by atoms with Gasteiger partial charge in [-0.25, -0.2) is 9.97 Å². The van der Waals surface area contributed by atoms with E-state index >= 15 is 0 Å². The van der Waals surface area contributed by atoms with Crippen molar-refractivity contribution >= 4 is 49.9 Å². The molecule has 0 unspecified atom stereocenters. The highest BCUT2D eigenvalue weighted by molar-refractivity contribution is 7.18. The number of hydrogen-bond donors (Lipinski definition) is 2. The number of thiophene rings is 1. The van der Waals surface area contributed by atoms with Crippen LogP contribution in [0.25, 0.3) is 21.1 Å². The molecule has 0 atom stereocenters. The van der Waals surface area contributed by atoms with Crippen molar-refractivity contribution in [1.29, 1.82) is 0 Å². The number of carbonyl (C=O) groups is 1. The van der Waals surface area contributed by atoms with Gasteiger partial charge in [-0.15, -0.1) is 11.3 Å². The fourth-order valence-corrected chi connectivity index (χ4v) is 5.09. The number of aryl methyl sites for hydroxylation is 1. The van der Waals surface area contributed by atoms with E-state index in [4.69, 9.17) is 10.8 Å². The van der Waals surface area contributed by atoms with Gasteiger partial charge in [-0.05, 0) is 44.0 Å². The Bertz CT molecular complexity index is 1530. The van der Waals surface area contributed by atoms with E-state index in [2.05, 4.69) is 20.3 Å². The number of nitrogens with two attached hydrogens (primary N) is 1. The summed E-state index contributed by atoms with van der Waals surface area (Å²) in [6.45, 7) is 2.56. The molecular weight excluding hydrogens is 434 g/mol. The molecule has 4 heterocycles. The Morgan fingerprint density at radius 2 is 2.06 bits per heavy atom. The Labute approximate surface area is 193 Å². The fraction of sp³-hybridized carbons (Fsp3) is 0.208. The molecule has 6 rings (SSSR count). The normalized spacial score (nSPS) is 13.6. The molecule has 164 valence electrons. The summed E-state index contributed by atoms with van der Waals surface area (Å²) >= 11 is 1.37. The van der Waals surface area contributed by atoms with Crippen LogP contribution in [0.2, 0.25) is 0 Å². The van der Waals surface area contributed by atoms with Gasteiger partial charge < -0.3 is 11.1 Å². The zero-order chi connectivity index (χ0) is 22.5. The van der Waals surface area contributed by atoms with E-state index in [9.17, 15) is 4.79 Å². The van der Waals surface area contributed by atoms with Gasteiger partial charge in [-0.2, -0.15) is 5.10 Å². The standard InChI is InChI=1S/C24H21N7OS/c1-13-4-2-5-15(28-13)10-31-18-7-3-6-17(19(18)20(30-31)14-8-9-14)29-24(32)16-11-33-22-21(16)26-12-27-23(22)25/h2-7,11-12,14H,8-10H2,1H3,(H,29,32)(H2,25,26,27). The van der Waals surface area contributed by atoms with Crippen molar-refractivity contribution in [2.75, 3.05) is 11.1 Å². The number of fused-ring (bicyclic) bond motifs is 2. The molecule has 1 saturated carbocycles. The molecule has 4 aromatic heterocycles. The molecule has 33 heavy (non-hydrogen) atoms. The predicted octanol–water partition coefficient (Wildman–Crippen LogP) is 4.50. The molecule has 0 bridgehead atoms. The summed E-state index contributed by atoms with van der Waals surface area (Å²) in [6, 6.07) is 11.9. The minimum Gasteiger partial charge on any atom is -0.382 e. The third kappa shape index (κ3) is 3.50. The van der Waals surface area contributed by atoms with Gasteiger partial charge >= 0.3 is 0 Å². The first kappa shape index (κ1) is 19.8. The van der Waals surface area contributed by atoms with E-state index in [1.165, 1.54) is 17.7 Å². The van der Waals surface area contributed by atoms with Crippen molar-refractivity contribution in [3.8, 4) is 0 Å². The highest BCUT2D eigenvalue weighted by Gasteiger charge is 2.31. The molecule has 5 aromatic rings. The number of carbonyl (C=O) groups excluding carboxylic acids is 1. The molecule has 1 amide bonds. The number of rotatable bonds is 5. The van der Waals surface area contributed by atoms with E-state index in [-0.39, 0.29) is 5.91 Å². The average molecular weight is 456 g/mol. The summed E-state index contributed by atoms with van der Waals surface area (Å²) in [5.74, 6) is 0.585. The van der Waals surface area contributed by atoms with Crippen LogP contribution in [0, 0.1) is 6.92 Å². The maximum Gasteiger partial charge on any atom is 0.258 e. The summed E-state index contributed by atoms with van der Waals surface area (Å²) < 4.78 is 2.71. The molecule has 0 aliphatic heterocycles. The Balaban J connectivity index is 1.41. The summed E-state index contributed by atoms with van der Waals surface area (Å²) in [5, 5.41) is 10.8. The number of pyridine rings is 1. The van der Waals surface area contributed by atoms with Crippen molar-refractivity contribution in [1.82, 2.24) is 24.7 Å².